The average Bonchev–Trinajstić information content (AvgIpc) is 2.15. The Morgan fingerprint density at radius 1 is 0.762 bits per heavy atom. The van der Waals surface area contributed by atoms with Gasteiger partial charge in [0.15, 0.2) is 0 Å². The molecule has 0 bridgehead atoms. The summed E-state index contributed by atoms with van der Waals surface area (Å²) < 4.78 is 0. The first-order valence-corrected chi connectivity index (χ1v) is 7.85. The summed E-state index contributed by atoms with van der Waals surface area (Å²) >= 11 is 0. The van der Waals surface area contributed by atoms with Gasteiger partial charge in [-0.25, -0.2) is 0 Å². The van der Waals surface area contributed by atoms with E-state index in [0.717, 1.165) is 0 Å². The number of allylic oxidation sites excluding steroid dienone is 2. The Morgan fingerprint density at radius 3 is 1.62 bits per heavy atom. The van der Waals surface area contributed by atoms with E-state index in [1.807, 2.05) is 0 Å². The van der Waals surface area contributed by atoms with Crippen molar-refractivity contribution in [1.82, 2.24) is 0 Å². The van der Waals surface area contributed by atoms with Gasteiger partial charge in [0.2, 0.25) is 0 Å². The van der Waals surface area contributed by atoms with Crippen molar-refractivity contribution in [2.75, 3.05) is 0 Å². The van der Waals surface area contributed by atoms with Gasteiger partial charge in [-0.2, -0.15) is 0 Å². The molecule has 0 spiro atoms. The summed E-state index contributed by atoms with van der Waals surface area (Å²) in [6, 6.07) is 4.53. The molecule has 0 unspecified atom stereocenters. The van der Waals surface area contributed by atoms with Crippen LogP contribution in [0.2, 0.25) is 0 Å². The lowest BCUT2D eigenvalue weighted by atomic mass is 9.71. The Bertz CT molecular complexity index is 620. The number of nitrogens with zero attached hydrogens (tertiary/aromatic N) is 1. The highest BCUT2D eigenvalue weighted by Gasteiger charge is 2.38. The molecule has 1 heterocycles. The highest BCUT2D eigenvalue weighted by atomic mass is 14.9. The summed E-state index contributed by atoms with van der Waals surface area (Å²) in [7, 11) is 0. The van der Waals surface area contributed by atoms with Gasteiger partial charge in [-0.3, -0.25) is 4.99 Å². The molecule has 0 atom stereocenters. The van der Waals surface area contributed by atoms with E-state index in [-0.39, 0.29) is 10.8 Å². The van der Waals surface area contributed by atoms with Gasteiger partial charge in [-0.15, -0.1) is 0 Å². The molecular weight excluding hydrogens is 254 g/mol. The fourth-order valence-corrected chi connectivity index (χ4v) is 3.27. The Labute approximate surface area is 130 Å². The van der Waals surface area contributed by atoms with E-state index in [1.54, 1.807) is 0 Å². The molecule has 1 nitrogen and oxygen atoms in total. The largest absolute Gasteiger partial charge is 0.251 e. The average molecular weight is 283 g/mol. The molecule has 1 aliphatic heterocycles. The molecule has 0 N–H and O–H groups in total. The van der Waals surface area contributed by atoms with E-state index in [9.17, 15) is 0 Å². The summed E-state index contributed by atoms with van der Waals surface area (Å²) in [6.07, 6.45) is 0. The molecule has 0 saturated heterocycles. The van der Waals surface area contributed by atoms with Crippen LogP contribution < -0.4 is 0 Å². The predicted molar refractivity (Wildman–Crippen MR) is 93.1 cm³/mol. The zero-order chi connectivity index (χ0) is 16.2. The fourth-order valence-electron chi connectivity index (χ4n) is 3.27. The minimum absolute atomic E-state index is 0.110. The SMILES string of the molecule is Cc1cc(C)c(C2=NC(C(C)(C)C)=C2C(C)(C)C)c(C)c1. The predicted octanol–water partition coefficient (Wildman–Crippen LogP) is 5.76. The van der Waals surface area contributed by atoms with Gasteiger partial charge < -0.3 is 0 Å². The Hall–Kier alpha value is -1.37. The van der Waals surface area contributed by atoms with Crippen molar-refractivity contribution < 1.29 is 0 Å². The second-order valence-electron chi connectivity index (χ2n) is 8.46. The van der Waals surface area contributed by atoms with E-state index in [0.29, 0.717) is 0 Å². The molecule has 1 aliphatic rings. The number of aliphatic imine (C=N–C) groups is 1. The van der Waals surface area contributed by atoms with Crippen molar-refractivity contribution in [3.8, 4) is 0 Å². The molecule has 0 fully saturated rings. The smallest absolute Gasteiger partial charge is 0.0766 e. The minimum atomic E-state index is 0.110. The molecule has 0 aliphatic carbocycles. The number of hydrogen-bond donors (Lipinski definition) is 0. The second-order valence-corrected chi connectivity index (χ2v) is 8.46. The zero-order valence-electron chi connectivity index (χ0n) is 15.1. The number of hydrogen-bond acceptors (Lipinski definition) is 1. The van der Waals surface area contributed by atoms with Crippen LogP contribution in [-0.2, 0) is 0 Å². The van der Waals surface area contributed by atoms with E-state index in [1.165, 1.54) is 39.2 Å². The van der Waals surface area contributed by atoms with Crippen molar-refractivity contribution in [2.24, 2.45) is 15.8 Å². The molecule has 1 aromatic carbocycles. The van der Waals surface area contributed by atoms with Crippen molar-refractivity contribution >= 4 is 5.71 Å². The summed E-state index contributed by atoms with van der Waals surface area (Å²) in [5, 5.41) is 0. The summed E-state index contributed by atoms with van der Waals surface area (Å²) in [4.78, 5) is 4.96. The quantitative estimate of drug-likeness (QED) is 0.621. The van der Waals surface area contributed by atoms with Crippen molar-refractivity contribution in [1.29, 1.82) is 0 Å². The van der Waals surface area contributed by atoms with Crippen molar-refractivity contribution in [3.63, 3.8) is 0 Å². The van der Waals surface area contributed by atoms with Crippen LogP contribution in [0.3, 0.4) is 0 Å². The topological polar surface area (TPSA) is 12.4 Å². The Balaban J connectivity index is 2.59. The first-order valence-electron chi connectivity index (χ1n) is 7.85. The van der Waals surface area contributed by atoms with Crippen molar-refractivity contribution in [3.05, 3.63) is 45.7 Å². The maximum absolute atomic E-state index is 4.96. The molecule has 1 heteroatoms. The first-order chi connectivity index (χ1) is 9.43. The summed E-state index contributed by atoms with van der Waals surface area (Å²) in [5.74, 6) is 0. The van der Waals surface area contributed by atoms with Crippen LogP contribution in [-0.4, -0.2) is 5.71 Å². The number of benzene rings is 1. The van der Waals surface area contributed by atoms with Crippen LogP contribution in [0.5, 0.6) is 0 Å². The normalized spacial score (nSPS) is 16.0. The third-order valence-electron chi connectivity index (χ3n) is 4.07. The highest BCUT2D eigenvalue weighted by molar-refractivity contribution is 6.19. The Kier molecular flexibility index (Phi) is 3.68. The van der Waals surface area contributed by atoms with Crippen LogP contribution in [0, 0.1) is 31.6 Å². The number of rotatable bonds is 1. The third-order valence-corrected chi connectivity index (χ3v) is 4.07. The molecule has 0 aromatic heterocycles. The van der Waals surface area contributed by atoms with Gasteiger partial charge in [0.05, 0.1) is 11.4 Å². The van der Waals surface area contributed by atoms with Gasteiger partial charge in [-0.05, 0) is 37.3 Å². The monoisotopic (exact) mass is 283 g/mol. The lowest BCUT2D eigenvalue weighted by Gasteiger charge is -2.39. The molecule has 0 saturated carbocycles. The molecule has 114 valence electrons. The maximum atomic E-state index is 4.96. The van der Waals surface area contributed by atoms with Gasteiger partial charge >= 0.3 is 0 Å². The second kappa shape index (κ2) is 4.83. The minimum Gasteiger partial charge on any atom is -0.251 e. The first kappa shape index (κ1) is 16.0. The van der Waals surface area contributed by atoms with Crippen LogP contribution in [0.4, 0.5) is 0 Å². The van der Waals surface area contributed by atoms with Gasteiger partial charge in [0, 0.05) is 16.6 Å². The standard InChI is InChI=1S/C20H29N/c1-12-10-13(2)15(14(3)11-12)17-16(19(4,5)6)18(21-17)20(7,8)9/h10-11H,1-9H3. The van der Waals surface area contributed by atoms with E-state index < -0.39 is 0 Å². The molecule has 2 rings (SSSR count). The van der Waals surface area contributed by atoms with Crippen LogP contribution in [0.1, 0.15) is 63.8 Å². The molecular formula is C20H29N. The highest BCUT2D eigenvalue weighted by Crippen LogP contribution is 2.46. The summed E-state index contributed by atoms with van der Waals surface area (Å²) in [5.41, 5.74) is 9.48. The third kappa shape index (κ3) is 2.84. The molecule has 0 amide bonds. The summed E-state index contributed by atoms with van der Waals surface area (Å²) in [6.45, 7) is 20.2. The molecule has 0 radical (unpaired) electrons. The zero-order valence-corrected chi connectivity index (χ0v) is 15.1. The van der Waals surface area contributed by atoms with E-state index >= 15 is 0 Å². The lowest BCUT2D eigenvalue weighted by Crippen LogP contribution is -2.32. The van der Waals surface area contributed by atoms with Gasteiger partial charge in [0.25, 0.3) is 0 Å². The molecule has 1 aromatic rings. The van der Waals surface area contributed by atoms with Crippen LogP contribution in [0.15, 0.2) is 28.4 Å². The lowest BCUT2D eigenvalue weighted by molar-refractivity contribution is 0.443. The van der Waals surface area contributed by atoms with Crippen LogP contribution >= 0.6 is 0 Å². The van der Waals surface area contributed by atoms with Crippen molar-refractivity contribution in [2.45, 2.75) is 62.3 Å². The Morgan fingerprint density at radius 2 is 1.24 bits per heavy atom. The van der Waals surface area contributed by atoms with Gasteiger partial charge in [-0.1, -0.05) is 59.2 Å². The fraction of sp³-hybridized carbons (Fsp3) is 0.550. The molecule has 21 heavy (non-hydrogen) atoms. The van der Waals surface area contributed by atoms with Gasteiger partial charge in [0.1, 0.15) is 0 Å². The maximum Gasteiger partial charge on any atom is 0.0766 e. The van der Waals surface area contributed by atoms with E-state index in [4.69, 9.17) is 4.99 Å². The van der Waals surface area contributed by atoms with Crippen LogP contribution in [0.25, 0.3) is 0 Å². The van der Waals surface area contributed by atoms with E-state index in [2.05, 4.69) is 74.4 Å². The number of aryl methyl sites for hydroxylation is 3.